The van der Waals surface area contributed by atoms with E-state index in [0.717, 1.165) is 54.1 Å². The molecule has 3 aromatic heterocycles. The van der Waals surface area contributed by atoms with Crippen LogP contribution in [0.25, 0.3) is 27.6 Å². The fourth-order valence-corrected chi connectivity index (χ4v) is 6.69. The van der Waals surface area contributed by atoms with E-state index < -0.39 is 5.82 Å². The number of nitrogens with one attached hydrogen (secondary N) is 2. The van der Waals surface area contributed by atoms with E-state index in [-0.39, 0.29) is 24.3 Å². The molecule has 3 aromatic carbocycles. The minimum absolute atomic E-state index is 0.0544. The number of carbonyl (C=O) groups excluding carboxylic acids is 1. The van der Waals surface area contributed by atoms with Crippen molar-refractivity contribution in [3.63, 3.8) is 0 Å². The van der Waals surface area contributed by atoms with Crippen molar-refractivity contribution in [3.05, 3.63) is 123 Å². The molecule has 11 nitrogen and oxygen atoms in total. The molecule has 0 saturated carbocycles. The number of imidazole rings is 2. The van der Waals surface area contributed by atoms with Gasteiger partial charge in [-0.3, -0.25) is 14.3 Å². The first-order valence-electron chi connectivity index (χ1n) is 16.8. The number of ether oxygens (including phenoxy) is 2. The number of H-pyrrole nitrogens is 1. The number of benzene rings is 3. The van der Waals surface area contributed by atoms with E-state index in [1.165, 1.54) is 10.6 Å². The Morgan fingerprint density at radius 1 is 1.10 bits per heavy atom. The Kier molecular flexibility index (Phi) is 8.89. The number of halogens is 2. The van der Waals surface area contributed by atoms with Crippen LogP contribution in [0.15, 0.2) is 83.7 Å². The molecule has 13 heteroatoms. The topological polar surface area (TPSA) is 119 Å². The van der Waals surface area contributed by atoms with Crippen LogP contribution in [0.4, 0.5) is 10.1 Å². The van der Waals surface area contributed by atoms with Gasteiger partial charge in [-0.05, 0) is 73.0 Å². The summed E-state index contributed by atoms with van der Waals surface area (Å²) in [5.74, 6) is 0.672. The van der Waals surface area contributed by atoms with Gasteiger partial charge in [0.15, 0.2) is 0 Å². The van der Waals surface area contributed by atoms with Gasteiger partial charge in [-0.15, -0.1) is 0 Å². The van der Waals surface area contributed by atoms with Gasteiger partial charge in [-0.25, -0.2) is 19.2 Å². The third-order valence-electron chi connectivity index (χ3n) is 9.53. The summed E-state index contributed by atoms with van der Waals surface area (Å²) in [7, 11) is 1.68. The second-order valence-electron chi connectivity index (χ2n) is 12.9. The van der Waals surface area contributed by atoms with Crippen LogP contribution < -0.4 is 15.7 Å². The van der Waals surface area contributed by atoms with E-state index in [2.05, 4.69) is 25.8 Å². The predicted octanol–water partition coefficient (Wildman–Crippen LogP) is 6.31. The number of nitrogens with zero attached hydrogens (tertiary/aromatic N) is 5. The van der Waals surface area contributed by atoms with Crippen molar-refractivity contribution in [1.29, 1.82) is 0 Å². The first kappa shape index (κ1) is 32.9. The fraction of sp³-hybridized carbons (Fsp3) is 0.263. The first-order chi connectivity index (χ1) is 24.8. The van der Waals surface area contributed by atoms with Gasteiger partial charge in [0.25, 0.3) is 5.91 Å². The highest BCUT2D eigenvalue weighted by Gasteiger charge is 2.24. The molecule has 0 spiro atoms. The Labute approximate surface area is 297 Å². The van der Waals surface area contributed by atoms with Gasteiger partial charge in [0.2, 0.25) is 5.88 Å². The number of hydrogen-bond donors (Lipinski definition) is 2. The number of carbonyl (C=O) groups is 1. The Balaban J connectivity index is 0.968. The van der Waals surface area contributed by atoms with Crippen molar-refractivity contribution in [1.82, 2.24) is 29.0 Å². The predicted molar refractivity (Wildman–Crippen MR) is 193 cm³/mol. The van der Waals surface area contributed by atoms with Crippen molar-refractivity contribution in [2.24, 2.45) is 7.05 Å². The van der Waals surface area contributed by atoms with Crippen LogP contribution in [-0.2, 0) is 31.5 Å². The molecule has 6 aromatic rings. The van der Waals surface area contributed by atoms with Gasteiger partial charge in [-0.2, -0.15) is 0 Å². The van der Waals surface area contributed by atoms with Gasteiger partial charge >= 0.3 is 5.69 Å². The minimum Gasteiger partial charge on any atom is -0.473 e. The summed E-state index contributed by atoms with van der Waals surface area (Å²) in [6, 6.07) is 21.1. The van der Waals surface area contributed by atoms with Crippen LogP contribution >= 0.6 is 11.6 Å². The molecule has 51 heavy (non-hydrogen) atoms. The molecular weight excluding hydrogens is 673 g/mol. The van der Waals surface area contributed by atoms with E-state index in [4.69, 9.17) is 31.0 Å². The van der Waals surface area contributed by atoms with Crippen LogP contribution in [0.1, 0.15) is 40.3 Å². The highest BCUT2D eigenvalue weighted by molar-refractivity contribution is 6.30. The molecule has 260 valence electrons. The van der Waals surface area contributed by atoms with E-state index in [9.17, 15) is 14.0 Å². The Hall–Kier alpha value is -5.30. The standard InChI is InChI=1S/C38H35ClFN7O4/c1-45-34-19-27(8-9-31(34)44-38(45)49)41-37(48)24-6-10-33-32(17-24)42-35(47(33)20-28-13-16-50-28)21-46-14-11-23(12-15-46)30-3-2-4-36(43-30)51-22-25-5-7-26(39)18-29(25)40/h2-11,17-19,28H,12-16,20-22H2,1H3,(H,41,48)(H,44,49)/t28-/m0/s1. The monoisotopic (exact) mass is 707 g/mol. The molecular formula is C38H35ClFN7O4. The Morgan fingerprint density at radius 3 is 2.76 bits per heavy atom. The number of hydrogen-bond acceptors (Lipinski definition) is 7. The van der Waals surface area contributed by atoms with E-state index in [0.29, 0.717) is 58.4 Å². The lowest BCUT2D eigenvalue weighted by atomic mass is 10.0. The van der Waals surface area contributed by atoms with Crippen molar-refractivity contribution in [3.8, 4) is 5.88 Å². The second-order valence-corrected chi connectivity index (χ2v) is 13.3. The maximum Gasteiger partial charge on any atom is 0.326 e. The zero-order valence-corrected chi connectivity index (χ0v) is 28.6. The molecule has 1 atom stereocenters. The molecule has 1 fully saturated rings. The largest absolute Gasteiger partial charge is 0.473 e. The fourth-order valence-electron chi connectivity index (χ4n) is 6.53. The normalized spacial score (nSPS) is 16.3. The van der Waals surface area contributed by atoms with Gasteiger partial charge in [0.05, 0.1) is 47.0 Å². The molecule has 8 rings (SSSR count). The number of anilines is 1. The van der Waals surface area contributed by atoms with E-state index in [1.54, 1.807) is 43.4 Å². The van der Waals surface area contributed by atoms with Gasteiger partial charge < -0.3 is 24.3 Å². The maximum atomic E-state index is 14.2. The lowest BCUT2D eigenvalue weighted by molar-refractivity contribution is -0.0591. The van der Waals surface area contributed by atoms with Crippen molar-refractivity contribution >= 4 is 50.8 Å². The number of pyridine rings is 1. The maximum absolute atomic E-state index is 14.2. The molecule has 1 amide bonds. The first-order valence-corrected chi connectivity index (χ1v) is 17.2. The number of aromatic nitrogens is 5. The molecule has 2 aliphatic rings. The summed E-state index contributed by atoms with van der Waals surface area (Å²) in [5.41, 5.74) is 6.35. The lowest BCUT2D eigenvalue weighted by Crippen LogP contribution is -2.33. The molecule has 0 unspecified atom stereocenters. The second kappa shape index (κ2) is 13.8. The molecule has 0 bridgehead atoms. The van der Waals surface area contributed by atoms with Crippen LogP contribution in [-0.4, -0.2) is 60.7 Å². The summed E-state index contributed by atoms with van der Waals surface area (Å²) >= 11 is 5.87. The van der Waals surface area contributed by atoms with Gasteiger partial charge in [0.1, 0.15) is 18.2 Å². The Bertz CT molecular complexity index is 2380. The van der Waals surface area contributed by atoms with Gasteiger partial charge in [0, 0.05) is 54.6 Å². The number of aromatic amines is 1. The average Bonchev–Trinajstić information content (AvgIpc) is 3.60. The molecule has 1 saturated heterocycles. The molecule has 2 aliphatic heterocycles. The Morgan fingerprint density at radius 2 is 1.98 bits per heavy atom. The summed E-state index contributed by atoms with van der Waals surface area (Å²) in [6.07, 6.45) is 4.10. The minimum atomic E-state index is -0.411. The highest BCUT2D eigenvalue weighted by atomic mass is 35.5. The van der Waals surface area contributed by atoms with Crippen molar-refractivity contribution in [2.75, 3.05) is 25.0 Å². The average molecular weight is 708 g/mol. The number of aryl methyl sites for hydroxylation is 1. The number of amides is 1. The molecule has 2 N–H and O–H groups in total. The van der Waals surface area contributed by atoms with Crippen LogP contribution in [0.5, 0.6) is 5.88 Å². The van der Waals surface area contributed by atoms with Crippen molar-refractivity contribution < 1.29 is 18.7 Å². The summed E-state index contributed by atoms with van der Waals surface area (Å²) in [4.78, 5) is 40.2. The summed E-state index contributed by atoms with van der Waals surface area (Å²) < 4.78 is 29.6. The SMILES string of the molecule is Cn1c(=O)[nH]c2ccc(NC(=O)c3ccc4c(c3)nc(CN3CC=C(c5cccc(OCc6ccc(Cl)cc6F)n5)CC3)n4C[C@@H]3CCO3)cc21. The van der Waals surface area contributed by atoms with Crippen LogP contribution in [0, 0.1) is 5.82 Å². The number of rotatable bonds is 10. The molecule has 5 heterocycles. The van der Waals surface area contributed by atoms with Crippen molar-refractivity contribution in [2.45, 2.75) is 38.6 Å². The smallest absolute Gasteiger partial charge is 0.326 e. The molecule has 0 radical (unpaired) electrons. The lowest BCUT2D eigenvalue weighted by Gasteiger charge is -2.29. The zero-order valence-electron chi connectivity index (χ0n) is 27.9. The quantitative estimate of drug-likeness (QED) is 0.171. The third-order valence-corrected chi connectivity index (χ3v) is 9.77. The summed E-state index contributed by atoms with van der Waals surface area (Å²) in [5, 5.41) is 3.30. The third kappa shape index (κ3) is 6.90. The summed E-state index contributed by atoms with van der Waals surface area (Å²) in [6.45, 7) is 3.66. The zero-order chi connectivity index (χ0) is 35.1. The van der Waals surface area contributed by atoms with E-state index >= 15 is 0 Å². The van der Waals surface area contributed by atoms with Crippen LogP contribution in [0.3, 0.4) is 0 Å². The van der Waals surface area contributed by atoms with E-state index in [1.807, 2.05) is 30.3 Å². The number of fused-ring (bicyclic) bond motifs is 2. The van der Waals surface area contributed by atoms with Gasteiger partial charge in [-0.1, -0.05) is 29.8 Å². The molecule has 0 aliphatic carbocycles. The van der Waals surface area contributed by atoms with Crippen LogP contribution in [0.2, 0.25) is 5.02 Å². The highest BCUT2D eigenvalue weighted by Crippen LogP contribution is 2.27.